The number of nitrogens with one attached hydrogen (secondary N) is 1. The second-order valence-corrected chi connectivity index (χ2v) is 6.49. The summed E-state index contributed by atoms with van der Waals surface area (Å²) in [4.78, 5) is 11.7. The van der Waals surface area contributed by atoms with Crippen LogP contribution in [0.25, 0.3) is 0 Å². The molecule has 1 N–H and O–H groups in total. The highest BCUT2D eigenvalue weighted by Crippen LogP contribution is 2.25. The summed E-state index contributed by atoms with van der Waals surface area (Å²) in [5.74, 6) is -0.129. The van der Waals surface area contributed by atoms with Crippen molar-refractivity contribution in [2.24, 2.45) is 0 Å². The number of halogens is 1. The van der Waals surface area contributed by atoms with E-state index in [2.05, 4.69) is 0 Å². The second-order valence-electron chi connectivity index (χ2n) is 4.74. The average Bonchev–Trinajstić information content (AvgIpc) is 2.41. The molecule has 0 spiro atoms. The van der Waals surface area contributed by atoms with Crippen molar-refractivity contribution in [1.82, 2.24) is 4.72 Å². The van der Waals surface area contributed by atoms with Gasteiger partial charge < -0.3 is 4.74 Å². The Hall–Kier alpha value is -2.41. The Labute approximate surface area is 127 Å². The van der Waals surface area contributed by atoms with Gasteiger partial charge in [-0.05, 0) is 55.0 Å². The van der Waals surface area contributed by atoms with Crippen LogP contribution in [0.2, 0.25) is 0 Å². The van der Waals surface area contributed by atoms with Crippen molar-refractivity contribution >= 4 is 15.9 Å². The molecule has 0 unspecified atom stereocenters. The Morgan fingerprint density at radius 1 is 1.14 bits per heavy atom. The third-order valence-electron chi connectivity index (χ3n) is 2.76. The van der Waals surface area contributed by atoms with Crippen molar-refractivity contribution in [2.45, 2.75) is 6.92 Å². The predicted molar refractivity (Wildman–Crippen MR) is 80.0 cm³/mol. The van der Waals surface area contributed by atoms with Gasteiger partial charge in [-0.1, -0.05) is 0 Å². The number of aryl methyl sites for hydroxylation is 1. The zero-order valence-electron chi connectivity index (χ0n) is 12.0. The van der Waals surface area contributed by atoms with Crippen LogP contribution in [0.4, 0.5) is 4.39 Å². The van der Waals surface area contributed by atoms with Gasteiger partial charge in [0.2, 0.25) is 10.0 Å². The van der Waals surface area contributed by atoms with Crippen LogP contribution in [-0.4, -0.2) is 20.6 Å². The molecule has 0 bridgehead atoms. The van der Waals surface area contributed by atoms with E-state index < -0.39 is 15.9 Å². The van der Waals surface area contributed by atoms with Gasteiger partial charge in [0, 0.05) is 5.56 Å². The minimum atomic E-state index is -3.61. The summed E-state index contributed by atoms with van der Waals surface area (Å²) in [5.41, 5.74) is 0.847. The lowest BCUT2D eigenvalue weighted by molar-refractivity contribution is 0.0981. The van der Waals surface area contributed by atoms with Gasteiger partial charge in [0.1, 0.15) is 17.3 Å². The summed E-state index contributed by atoms with van der Waals surface area (Å²) in [6.07, 6.45) is 0.907. The fraction of sp³-hybridized carbons (Fsp3) is 0.133. The maximum absolute atomic E-state index is 12.8. The average molecular weight is 323 g/mol. The molecule has 2 rings (SSSR count). The number of hydrogen-bond donors (Lipinski definition) is 1. The third kappa shape index (κ3) is 4.29. The van der Waals surface area contributed by atoms with Crippen molar-refractivity contribution in [3.63, 3.8) is 0 Å². The zero-order valence-corrected chi connectivity index (χ0v) is 12.8. The number of sulfonamides is 1. The maximum Gasteiger partial charge on any atom is 0.264 e. The van der Waals surface area contributed by atoms with E-state index in [9.17, 15) is 17.6 Å². The van der Waals surface area contributed by atoms with Crippen molar-refractivity contribution in [2.75, 3.05) is 6.26 Å². The Balaban J connectivity index is 2.19. The molecule has 0 fully saturated rings. The number of benzene rings is 2. The molecule has 0 aromatic heterocycles. The highest BCUT2D eigenvalue weighted by atomic mass is 32.2. The molecule has 1 amide bonds. The van der Waals surface area contributed by atoms with Gasteiger partial charge in [-0.15, -0.1) is 0 Å². The molecule has 2 aromatic carbocycles. The number of amides is 1. The van der Waals surface area contributed by atoms with Crippen molar-refractivity contribution in [3.8, 4) is 11.5 Å². The molecule has 0 radical (unpaired) electrons. The largest absolute Gasteiger partial charge is 0.457 e. The Kier molecular flexibility index (Phi) is 4.46. The van der Waals surface area contributed by atoms with Crippen LogP contribution >= 0.6 is 0 Å². The van der Waals surface area contributed by atoms with Crippen LogP contribution in [0.3, 0.4) is 0 Å². The molecular weight excluding hydrogens is 309 g/mol. The molecule has 22 heavy (non-hydrogen) atoms. The highest BCUT2D eigenvalue weighted by molar-refractivity contribution is 7.89. The molecular formula is C15H14FNO4S. The Bertz CT molecular complexity index is 801. The summed E-state index contributed by atoms with van der Waals surface area (Å²) in [7, 11) is -3.61. The lowest BCUT2D eigenvalue weighted by Crippen LogP contribution is -2.29. The molecule has 0 saturated carbocycles. The van der Waals surface area contributed by atoms with E-state index in [0.717, 1.165) is 6.26 Å². The summed E-state index contributed by atoms with van der Waals surface area (Å²) in [6, 6.07) is 10.0. The van der Waals surface area contributed by atoms with Gasteiger partial charge >= 0.3 is 0 Å². The van der Waals surface area contributed by atoms with Crippen LogP contribution in [-0.2, 0) is 10.0 Å². The van der Waals surface area contributed by atoms with Crippen molar-refractivity contribution in [3.05, 3.63) is 59.4 Å². The van der Waals surface area contributed by atoms with Gasteiger partial charge in [-0.3, -0.25) is 4.79 Å². The lowest BCUT2D eigenvalue weighted by atomic mass is 10.1. The lowest BCUT2D eigenvalue weighted by Gasteiger charge is -2.10. The van der Waals surface area contributed by atoms with Crippen LogP contribution in [0, 0.1) is 12.7 Å². The van der Waals surface area contributed by atoms with E-state index in [1.165, 1.54) is 36.4 Å². The van der Waals surface area contributed by atoms with Gasteiger partial charge in [0.05, 0.1) is 6.26 Å². The number of carbonyl (C=O) groups excluding carboxylic acids is 1. The standard InChI is InChI=1S/C15H14FNO4S/c1-10-9-11(15(18)17-22(2,19)20)3-8-14(10)21-13-6-4-12(16)5-7-13/h3-9H,1-2H3,(H,17,18). The SMILES string of the molecule is Cc1cc(C(=O)NS(C)(=O)=O)ccc1Oc1ccc(F)cc1. The molecule has 2 aromatic rings. The first-order valence-corrected chi connectivity index (χ1v) is 8.20. The van der Waals surface area contributed by atoms with Crippen molar-refractivity contribution in [1.29, 1.82) is 0 Å². The minimum absolute atomic E-state index is 0.203. The highest BCUT2D eigenvalue weighted by Gasteiger charge is 2.12. The maximum atomic E-state index is 12.8. The molecule has 0 aliphatic rings. The summed E-state index contributed by atoms with van der Waals surface area (Å²) in [5, 5.41) is 0. The van der Waals surface area contributed by atoms with Crippen LogP contribution < -0.4 is 9.46 Å². The van der Waals surface area contributed by atoms with Gasteiger partial charge in [0.15, 0.2) is 0 Å². The Morgan fingerprint density at radius 2 is 1.77 bits per heavy atom. The van der Waals surface area contributed by atoms with E-state index in [1.54, 1.807) is 13.0 Å². The van der Waals surface area contributed by atoms with Gasteiger partial charge in [-0.2, -0.15) is 0 Å². The topological polar surface area (TPSA) is 72.5 Å². The first-order chi connectivity index (χ1) is 10.2. The molecule has 0 aliphatic heterocycles. The monoisotopic (exact) mass is 323 g/mol. The minimum Gasteiger partial charge on any atom is -0.457 e. The van der Waals surface area contributed by atoms with E-state index >= 15 is 0 Å². The number of carbonyl (C=O) groups is 1. The third-order valence-corrected chi connectivity index (χ3v) is 3.31. The fourth-order valence-electron chi connectivity index (χ4n) is 1.76. The number of ether oxygens (including phenoxy) is 1. The molecule has 0 saturated heterocycles. The number of hydrogen-bond acceptors (Lipinski definition) is 4. The van der Waals surface area contributed by atoms with Gasteiger partial charge in [0.25, 0.3) is 5.91 Å². The summed E-state index contributed by atoms with van der Waals surface area (Å²) in [6.45, 7) is 1.72. The molecule has 0 heterocycles. The van der Waals surface area contributed by atoms with E-state index in [0.29, 0.717) is 17.1 Å². The molecule has 5 nitrogen and oxygen atoms in total. The molecule has 7 heteroatoms. The van der Waals surface area contributed by atoms with Crippen LogP contribution in [0.15, 0.2) is 42.5 Å². The summed E-state index contributed by atoms with van der Waals surface area (Å²) < 4.78 is 42.4. The quantitative estimate of drug-likeness (QED) is 0.939. The number of rotatable bonds is 4. The fourth-order valence-corrected chi connectivity index (χ4v) is 2.22. The normalized spacial score (nSPS) is 11.0. The second kappa shape index (κ2) is 6.15. The smallest absolute Gasteiger partial charge is 0.264 e. The van der Waals surface area contributed by atoms with Gasteiger partial charge in [-0.25, -0.2) is 17.5 Å². The molecule has 0 aliphatic carbocycles. The first-order valence-electron chi connectivity index (χ1n) is 6.31. The molecule has 116 valence electrons. The van der Waals surface area contributed by atoms with E-state index in [1.807, 2.05) is 4.72 Å². The predicted octanol–water partition coefficient (Wildman–Crippen LogP) is 2.62. The van der Waals surface area contributed by atoms with E-state index in [-0.39, 0.29) is 11.4 Å². The van der Waals surface area contributed by atoms with Crippen LogP contribution in [0.5, 0.6) is 11.5 Å². The van der Waals surface area contributed by atoms with E-state index in [4.69, 9.17) is 4.74 Å². The van der Waals surface area contributed by atoms with Crippen LogP contribution in [0.1, 0.15) is 15.9 Å². The Morgan fingerprint density at radius 3 is 2.32 bits per heavy atom. The molecule has 0 atom stereocenters. The van der Waals surface area contributed by atoms with Crippen molar-refractivity contribution < 1.29 is 22.3 Å². The first kappa shape index (κ1) is 16.0. The zero-order chi connectivity index (χ0) is 16.3. The summed E-state index contributed by atoms with van der Waals surface area (Å²) >= 11 is 0.